The minimum absolute atomic E-state index is 0.874. The molecule has 48 heavy (non-hydrogen) atoms. The van der Waals surface area contributed by atoms with E-state index >= 15 is 0 Å². The molecule has 0 aliphatic rings. The third-order valence-corrected chi connectivity index (χ3v) is 10.8. The van der Waals surface area contributed by atoms with E-state index in [1.807, 2.05) is 24.3 Å². The number of fused-ring (bicyclic) bond motifs is 10. The molecule has 0 spiro atoms. The number of para-hydroxylation sites is 6. The zero-order chi connectivity index (χ0) is 31.3. The van der Waals surface area contributed by atoms with Crippen LogP contribution in [-0.4, -0.2) is 9.55 Å². The summed E-state index contributed by atoms with van der Waals surface area (Å²) in [6.45, 7) is 0. The molecule has 5 heteroatoms. The summed E-state index contributed by atoms with van der Waals surface area (Å²) in [5.41, 5.74) is 11.0. The van der Waals surface area contributed by atoms with Crippen LogP contribution in [0.15, 0.2) is 154 Å². The smallest absolute Gasteiger partial charge is 0.195 e. The summed E-state index contributed by atoms with van der Waals surface area (Å²) < 4.78 is 16.5. The molecule has 0 fully saturated rings. The first-order chi connectivity index (χ1) is 23.8. The second-order valence-corrected chi connectivity index (χ2v) is 13.2. The molecule has 4 heterocycles. The molecule has 0 atom stereocenters. The normalized spacial score (nSPS) is 12.2. The Balaban J connectivity index is 1.25. The largest absolute Gasteiger partial charge is 0.455 e. The molecule has 11 aromatic rings. The van der Waals surface area contributed by atoms with Crippen LogP contribution in [0.2, 0.25) is 0 Å². The molecule has 0 amide bonds. The van der Waals surface area contributed by atoms with Crippen LogP contribution in [0.3, 0.4) is 0 Å². The van der Waals surface area contributed by atoms with Crippen molar-refractivity contribution in [3.05, 3.63) is 146 Å². The molecule has 0 bridgehead atoms. The maximum atomic E-state index is 6.55. The summed E-state index contributed by atoms with van der Waals surface area (Å²) in [6.07, 6.45) is 0. The summed E-state index contributed by atoms with van der Waals surface area (Å²) in [7, 11) is 0. The van der Waals surface area contributed by atoms with Gasteiger partial charge in [0.05, 0.1) is 21.3 Å². The van der Waals surface area contributed by atoms with E-state index in [4.69, 9.17) is 13.8 Å². The van der Waals surface area contributed by atoms with Gasteiger partial charge in [-0.15, -0.1) is 0 Å². The second kappa shape index (κ2) is 9.67. The highest BCUT2D eigenvalue weighted by molar-refractivity contribution is 7.21. The lowest BCUT2D eigenvalue weighted by Crippen LogP contribution is -1.92. The third-order valence-electron chi connectivity index (χ3n) is 9.69. The lowest BCUT2D eigenvalue weighted by atomic mass is 9.96. The van der Waals surface area contributed by atoms with E-state index in [1.165, 1.54) is 10.8 Å². The average molecular weight is 633 g/mol. The van der Waals surface area contributed by atoms with Crippen LogP contribution in [0.4, 0.5) is 0 Å². The van der Waals surface area contributed by atoms with Crippen LogP contribution in [0, 0.1) is 0 Å². The number of aromatic nitrogens is 2. The lowest BCUT2D eigenvalue weighted by molar-refractivity contribution is 0.669. The Morgan fingerprint density at radius 3 is 1.50 bits per heavy atom. The Morgan fingerprint density at radius 1 is 0.417 bits per heavy atom. The highest BCUT2D eigenvalue weighted by atomic mass is 32.1. The van der Waals surface area contributed by atoms with Gasteiger partial charge in [0.25, 0.3) is 0 Å². The standard InChI is InChI=1S/C43H24N2O2S/c1-5-19-35-25(11-1)26-12-2-6-20-36(26)45(35)43-44-39-29(32-17-9-15-30-27-13-3-7-21-37(27)46-40(30)32)23-24-34(42(39)48-43)33-18-10-16-31-28-14-4-8-22-38(28)47-41(31)33/h1-24H. The molecule has 224 valence electrons. The monoisotopic (exact) mass is 632 g/mol. The summed E-state index contributed by atoms with van der Waals surface area (Å²) in [6, 6.07) is 51.0. The van der Waals surface area contributed by atoms with Crippen molar-refractivity contribution in [2.75, 3.05) is 0 Å². The van der Waals surface area contributed by atoms with Crippen molar-refractivity contribution >= 4 is 87.2 Å². The van der Waals surface area contributed by atoms with Crippen molar-refractivity contribution in [3.63, 3.8) is 0 Å². The fourth-order valence-electron chi connectivity index (χ4n) is 7.57. The minimum atomic E-state index is 0.874. The second-order valence-electron chi connectivity index (χ2n) is 12.3. The molecule has 7 aromatic carbocycles. The van der Waals surface area contributed by atoms with Crippen molar-refractivity contribution in [2.24, 2.45) is 0 Å². The SMILES string of the molecule is c1ccc2c(c1)oc1c(-c3ccc(-c4cccc5c4oc4ccccc45)c4sc(-n5c6ccccc6c6ccccc65)nc34)cccc12. The number of benzene rings is 7. The molecular formula is C43H24N2O2S. The van der Waals surface area contributed by atoms with E-state index in [1.54, 1.807) is 11.3 Å². The van der Waals surface area contributed by atoms with Gasteiger partial charge in [-0.2, -0.15) is 0 Å². The van der Waals surface area contributed by atoms with E-state index in [9.17, 15) is 0 Å². The molecule has 0 radical (unpaired) electrons. The van der Waals surface area contributed by atoms with E-state index < -0.39 is 0 Å². The third kappa shape index (κ3) is 3.51. The van der Waals surface area contributed by atoms with Crippen LogP contribution in [0.1, 0.15) is 0 Å². The van der Waals surface area contributed by atoms with Gasteiger partial charge in [-0.1, -0.05) is 133 Å². The molecule has 0 aliphatic carbocycles. The predicted octanol–water partition coefficient (Wildman–Crippen LogP) is 12.5. The van der Waals surface area contributed by atoms with E-state index in [0.29, 0.717) is 0 Å². The number of thiazole rings is 1. The molecule has 11 rings (SSSR count). The Labute approximate surface area is 277 Å². The molecule has 0 N–H and O–H groups in total. The number of hydrogen-bond acceptors (Lipinski definition) is 4. The molecule has 0 unspecified atom stereocenters. The zero-order valence-corrected chi connectivity index (χ0v) is 26.3. The van der Waals surface area contributed by atoms with Gasteiger partial charge in [0.1, 0.15) is 22.3 Å². The lowest BCUT2D eigenvalue weighted by Gasteiger charge is -2.09. The molecule has 4 aromatic heterocycles. The number of nitrogens with zero attached hydrogens (tertiary/aromatic N) is 2. The molecular weight excluding hydrogens is 609 g/mol. The van der Waals surface area contributed by atoms with Gasteiger partial charge in [-0.3, -0.25) is 4.57 Å². The van der Waals surface area contributed by atoms with Gasteiger partial charge < -0.3 is 8.83 Å². The van der Waals surface area contributed by atoms with Crippen LogP contribution < -0.4 is 0 Å². The van der Waals surface area contributed by atoms with E-state index in [2.05, 4.69) is 126 Å². The van der Waals surface area contributed by atoms with Gasteiger partial charge >= 0.3 is 0 Å². The van der Waals surface area contributed by atoms with Crippen LogP contribution in [0.5, 0.6) is 0 Å². The van der Waals surface area contributed by atoms with E-state index in [0.717, 1.165) is 92.5 Å². The molecule has 4 nitrogen and oxygen atoms in total. The number of rotatable bonds is 3. The quantitative estimate of drug-likeness (QED) is 0.195. The number of furan rings is 2. The van der Waals surface area contributed by atoms with Gasteiger partial charge in [0, 0.05) is 54.6 Å². The first kappa shape index (κ1) is 26.0. The Morgan fingerprint density at radius 2 is 0.896 bits per heavy atom. The fourth-order valence-corrected chi connectivity index (χ4v) is 8.72. The van der Waals surface area contributed by atoms with E-state index in [-0.39, 0.29) is 0 Å². The van der Waals surface area contributed by atoms with Crippen molar-refractivity contribution < 1.29 is 8.83 Å². The Bertz CT molecular complexity index is 2880. The first-order valence-electron chi connectivity index (χ1n) is 16.1. The summed E-state index contributed by atoms with van der Waals surface area (Å²) >= 11 is 1.72. The van der Waals surface area contributed by atoms with Crippen LogP contribution >= 0.6 is 11.3 Å². The zero-order valence-electron chi connectivity index (χ0n) is 25.5. The highest BCUT2D eigenvalue weighted by Crippen LogP contribution is 2.46. The van der Waals surface area contributed by atoms with Crippen molar-refractivity contribution in [2.45, 2.75) is 0 Å². The molecule has 0 saturated heterocycles. The molecule has 0 aliphatic heterocycles. The number of hydrogen-bond donors (Lipinski definition) is 0. The van der Waals surface area contributed by atoms with Gasteiger partial charge in [0.15, 0.2) is 5.13 Å². The minimum Gasteiger partial charge on any atom is -0.455 e. The highest BCUT2D eigenvalue weighted by Gasteiger charge is 2.23. The van der Waals surface area contributed by atoms with Gasteiger partial charge in [-0.05, 0) is 24.3 Å². The summed E-state index contributed by atoms with van der Waals surface area (Å²) in [4.78, 5) is 5.51. The van der Waals surface area contributed by atoms with Gasteiger partial charge in [-0.25, -0.2) is 4.98 Å². The molecule has 0 saturated carbocycles. The first-order valence-corrected chi connectivity index (χ1v) is 16.9. The maximum Gasteiger partial charge on any atom is 0.195 e. The summed E-state index contributed by atoms with van der Waals surface area (Å²) in [5.74, 6) is 0. The summed E-state index contributed by atoms with van der Waals surface area (Å²) in [5, 5.41) is 7.80. The van der Waals surface area contributed by atoms with Crippen LogP contribution in [0.25, 0.3) is 103 Å². The maximum absolute atomic E-state index is 6.55. The van der Waals surface area contributed by atoms with Crippen molar-refractivity contribution in [3.8, 4) is 27.4 Å². The van der Waals surface area contributed by atoms with Crippen molar-refractivity contribution in [1.29, 1.82) is 0 Å². The predicted molar refractivity (Wildman–Crippen MR) is 199 cm³/mol. The Hall–Kier alpha value is -6.17. The van der Waals surface area contributed by atoms with Crippen molar-refractivity contribution in [1.82, 2.24) is 9.55 Å². The Kier molecular flexibility index (Phi) is 5.23. The topological polar surface area (TPSA) is 44.1 Å². The average Bonchev–Trinajstić information content (AvgIpc) is 3.91. The fraction of sp³-hybridized carbons (Fsp3) is 0. The van der Waals surface area contributed by atoms with Gasteiger partial charge in [0.2, 0.25) is 0 Å². The van der Waals surface area contributed by atoms with Crippen LogP contribution in [-0.2, 0) is 0 Å².